The van der Waals surface area contributed by atoms with Crippen LogP contribution in [0.15, 0.2) is 0 Å². The lowest BCUT2D eigenvalue weighted by Gasteiger charge is -2.36. The van der Waals surface area contributed by atoms with Gasteiger partial charge >= 0.3 is 0 Å². The van der Waals surface area contributed by atoms with E-state index in [4.69, 9.17) is 5.73 Å². The second-order valence-electron chi connectivity index (χ2n) is 5.63. The highest BCUT2D eigenvalue weighted by molar-refractivity contribution is 5.76. The largest absolute Gasteiger partial charge is 0.340 e. The third kappa shape index (κ3) is 4.12. The Labute approximate surface area is 99.4 Å². The van der Waals surface area contributed by atoms with Crippen molar-refractivity contribution in [3.05, 3.63) is 0 Å². The average Bonchev–Trinajstić information content (AvgIpc) is 2.25. The molecule has 94 valence electrons. The summed E-state index contributed by atoms with van der Waals surface area (Å²) in [5, 5.41) is 0. The average molecular weight is 226 g/mol. The molecule has 0 aromatic rings. The van der Waals surface area contributed by atoms with E-state index in [2.05, 4.69) is 11.8 Å². The minimum absolute atomic E-state index is 0.229. The summed E-state index contributed by atoms with van der Waals surface area (Å²) in [6.45, 7) is 7.08. The third-order valence-corrected chi connectivity index (χ3v) is 3.40. The summed E-state index contributed by atoms with van der Waals surface area (Å²) in [4.78, 5) is 14.2. The molecule has 1 amide bonds. The van der Waals surface area contributed by atoms with Gasteiger partial charge in [-0.3, -0.25) is 4.79 Å². The van der Waals surface area contributed by atoms with Crippen molar-refractivity contribution >= 4 is 5.91 Å². The summed E-state index contributed by atoms with van der Waals surface area (Å²) >= 11 is 0. The van der Waals surface area contributed by atoms with Crippen molar-refractivity contribution in [2.75, 3.05) is 6.54 Å². The summed E-state index contributed by atoms with van der Waals surface area (Å²) in [5.74, 6) is 0.296. The van der Waals surface area contributed by atoms with E-state index in [1.807, 2.05) is 13.8 Å². The number of likely N-dealkylation sites (tertiary alicyclic amines) is 1. The van der Waals surface area contributed by atoms with E-state index in [0.717, 1.165) is 25.8 Å². The van der Waals surface area contributed by atoms with E-state index in [9.17, 15) is 4.79 Å². The lowest BCUT2D eigenvalue weighted by molar-refractivity contribution is -0.135. The molecular formula is C13H26N2O. The van der Waals surface area contributed by atoms with E-state index >= 15 is 0 Å². The van der Waals surface area contributed by atoms with Crippen molar-refractivity contribution < 1.29 is 4.79 Å². The molecule has 1 fully saturated rings. The number of piperidine rings is 1. The molecule has 0 radical (unpaired) electrons. The Morgan fingerprint density at radius 2 is 2.12 bits per heavy atom. The smallest absolute Gasteiger partial charge is 0.222 e. The van der Waals surface area contributed by atoms with Crippen LogP contribution in [0.25, 0.3) is 0 Å². The fourth-order valence-electron chi connectivity index (χ4n) is 2.33. The van der Waals surface area contributed by atoms with E-state index in [1.54, 1.807) is 0 Å². The van der Waals surface area contributed by atoms with E-state index in [-0.39, 0.29) is 5.54 Å². The number of rotatable bonds is 4. The summed E-state index contributed by atoms with van der Waals surface area (Å²) < 4.78 is 0. The number of amides is 1. The third-order valence-electron chi connectivity index (χ3n) is 3.40. The van der Waals surface area contributed by atoms with Crippen LogP contribution in [0.4, 0.5) is 0 Å². The topological polar surface area (TPSA) is 46.3 Å². The molecule has 1 aliphatic rings. The molecule has 1 unspecified atom stereocenters. The standard InChI is InChI=1S/C13H26N2O/c1-4-11-7-5-6-10-15(11)12(16)8-9-13(2,3)14/h11H,4-10,14H2,1-3H3. The highest BCUT2D eigenvalue weighted by Gasteiger charge is 2.25. The molecule has 1 atom stereocenters. The SMILES string of the molecule is CCC1CCCCN1C(=O)CCC(C)(C)N. The first-order chi connectivity index (χ1) is 7.44. The minimum Gasteiger partial charge on any atom is -0.340 e. The van der Waals surface area contributed by atoms with Crippen LogP contribution in [0.3, 0.4) is 0 Å². The van der Waals surface area contributed by atoms with Gasteiger partial charge in [-0.1, -0.05) is 6.92 Å². The minimum atomic E-state index is -0.229. The van der Waals surface area contributed by atoms with Crippen LogP contribution >= 0.6 is 0 Å². The molecule has 1 heterocycles. The van der Waals surface area contributed by atoms with Gasteiger partial charge in [-0.25, -0.2) is 0 Å². The Morgan fingerprint density at radius 1 is 1.44 bits per heavy atom. The molecule has 0 aromatic carbocycles. The zero-order valence-corrected chi connectivity index (χ0v) is 11.0. The molecule has 3 heteroatoms. The quantitative estimate of drug-likeness (QED) is 0.799. The van der Waals surface area contributed by atoms with Crippen LogP contribution in [0.2, 0.25) is 0 Å². The Morgan fingerprint density at radius 3 is 2.69 bits per heavy atom. The fourth-order valence-corrected chi connectivity index (χ4v) is 2.33. The van der Waals surface area contributed by atoms with Gasteiger partial charge in [-0.05, 0) is 46.0 Å². The molecule has 1 aliphatic heterocycles. The predicted octanol–water partition coefficient (Wildman–Crippen LogP) is 2.29. The Hall–Kier alpha value is -0.570. The highest BCUT2D eigenvalue weighted by Crippen LogP contribution is 2.21. The molecule has 0 saturated carbocycles. The zero-order chi connectivity index (χ0) is 12.2. The van der Waals surface area contributed by atoms with Gasteiger partial charge in [0.1, 0.15) is 0 Å². The van der Waals surface area contributed by atoms with Gasteiger partial charge in [-0.2, -0.15) is 0 Å². The number of carbonyl (C=O) groups excluding carboxylic acids is 1. The lowest BCUT2D eigenvalue weighted by atomic mass is 9.96. The van der Waals surface area contributed by atoms with Crippen LogP contribution in [0, 0.1) is 0 Å². The molecule has 3 nitrogen and oxygen atoms in total. The molecule has 0 aromatic heterocycles. The number of hydrogen-bond acceptors (Lipinski definition) is 2. The van der Waals surface area contributed by atoms with Gasteiger partial charge < -0.3 is 10.6 Å². The Bertz CT molecular complexity index is 233. The maximum Gasteiger partial charge on any atom is 0.222 e. The van der Waals surface area contributed by atoms with Crippen molar-refractivity contribution in [1.82, 2.24) is 4.90 Å². The molecule has 16 heavy (non-hydrogen) atoms. The van der Waals surface area contributed by atoms with Gasteiger partial charge in [0.15, 0.2) is 0 Å². The monoisotopic (exact) mass is 226 g/mol. The molecular weight excluding hydrogens is 200 g/mol. The van der Waals surface area contributed by atoms with E-state index in [0.29, 0.717) is 18.4 Å². The summed E-state index contributed by atoms with van der Waals surface area (Å²) in [6, 6.07) is 0.474. The predicted molar refractivity (Wildman–Crippen MR) is 67.1 cm³/mol. The van der Waals surface area contributed by atoms with Gasteiger partial charge in [0, 0.05) is 24.5 Å². The van der Waals surface area contributed by atoms with Crippen LogP contribution < -0.4 is 5.73 Å². The summed E-state index contributed by atoms with van der Waals surface area (Å²) in [7, 11) is 0. The van der Waals surface area contributed by atoms with Crippen molar-refractivity contribution in [3.63, 3.8) is 0 Å². The van der Waals surface area contributed by atoms with Gasteiger partial charge in [0.25, 0.3) is 0 Å². The lowest BCUT2D eigenvalue weighted by Crippen LogP contribution is -2.44. The molecule has 2 N–H and O–H groups in total. The molecule has 0 aliphatic carbocycles. The number of nitrogens with two attached hydrogens (primary N) is 1. The second kappa shape index (κ2) is 5.67. The first-order valence-corrected chi connectivity index (χ1v) is 6.52. The molecule has 0 bridgehead atoms. The van der Waals surface area contributed by atoms with Crippen LogP contribution in [-0.2, 0) is 4.79 Å². The van der Waals surface area contributed by atoms with Gasteiger partial charge in [0.2, 0.25) is 5.91 Å². The summed E-state index contributed by atoms with van der Waals surface area (Å²) in [5.41, 5.74) is 5.68. The number of carbonyl (C=O) groups is 1. The molecule has 1 saturated heterocycles. The van der Waals surface area contributed by atoms with Gasteiger partial charge in [0.05, 0.1) is 0 Å². The number of hydrogen-bond donors (Lipinski definition) is 1. The van der Waals surface area contributed by atoms with Crippen LogP contribution in [0.5, 0.6) is 0 Å². The van der Waals surface area contributed by atoms with Gasteiger partial charge in [-0.15, -0.1) is 0 Å². The maximum atomic E-state index is 12.1. The van der Waals surface area contributed by atoms with E-state index in [1.165, 1.54) is 12.8 Å². The van der Waals surface area contributed by atoms with Crippen molar-refractivity contribution in [2.24, 2.45) is 5.73 Å². The number of nitrogens with zero attached hydrogens (tertiary/aromatic N) is 1. The first kappa shape index (κ1) is 13.5. The summed E-state index contributed by atoms with van der Waals surface area (Å²) in [6.07, 6.45) is 6.06. The molecule has 1 rings (SSSR count). The zero-order valence-electron chi connectivity index (χ0n) is 11.0. The fraction of sp³-hybridized carbons (Fsp3) is 0.923. The highest BCUT2D eigenvalue weighted by atomic mass is 16.2. The van der Waals surface area contributed by atoms with Crippen LogP contribution in [0.1, 0.15) is 59.3 Å². The van der Waals surface area contributed by atoms with Crippen LogP contribution in [-0.4, -0.2) is 28.9 Å². The second-order valence-corrected chi connectivity index (χ2v) is 5.63. The Kier molecular flexibility index (Phi) is 4.78. The van der Waals surface area contributed by atoms with Crippen molar-refractivity contribution in [2.45, 2.75) is 70.9 Å². The Balaban J connectivity index is 2.45. The van der Waals surface area contributed by atoms with E-state index < -0.39 is 0 Å². The molecule has 0 spiro atoms. The van der Waals surface area contributed by atoms with Crippen molar-refractivity contribution in [1.29, 1.82) is 0 Å². The maximum absolute atomic E-state index is 12.1. The van der Waals surface area contributed by atoms with Crippen molar-refractivity contribution in [3.8, 4) is 0 Å². The normalized spacial score (nSPS) is 22.2. The first-order valence-electron chi connectivity index (χ1n) is 6.52.